The van der Waals surface area contributed by atoms with Gasteiger partial charge in [-0.25, -0.2) is 0 Å². The van der Waals surface area contributed by atoms with E-state index in [2.05, 4.69) is 13.8 Å². The Morgan fingerprint density at radius 2 is 1.63 bits per heavy atom. The molecule has 3 nitrogen and oxygen atoms in total. The molecule has 0 saturated heterocycles. The molecule has 0 bridgehead atoms. The lowest BCUT2D eigenvalue weighted by atomic mass is 9.78. The van der Waals surface area contributed by atoms with Gasteiger partial charge in [-0.15, -0.1) is 0 Å². The minimum absolute atomic E-state index is 0.295. The zero-order valence-corrected chi connectivity index (χ0v) is 12.4. The van der Waals surface area contributed by atoms with E-state index >= 15 is 0 Å². The Morgan fingerprint density at radius 3 is 2.11 bits per heavy atom. The summed E-state index contributed by atoms with van der Waals surface area (Å²) < 4.78 is 10.9. The zero-order chi connectivity index (χ0) is 14.1. The fraction of sp³-hybridized carbons (Fsp3) is 0.625. The second-order valence-electron chi connectivity index (χ2n) is 5.04. The van der Waals surface area contributed by atoms with Gasteiger partial charge in [0.2, 0.25) is 0 Å². The lowest BCUT2D eigenvalue weighted by Crippen LogP contribution is -2.29. The first-order valence-corrected chi connectivity index (χ1v) is 7.16. The fourth-order valence-electron chi connectivity index (χ4n) is 2.30. The smallest absolute Gasteiger partial charge is 0.119 e. The van der Waals surface area contributed by atoms with E-state index in [4.69, 9.17) is 15.2 Å². The summed E-state index contributed by atoms with van der Waals surface area (Å²) in [7, 11) is 1.66. The Labute approximate surface area is 117 Å². The Balaban J connectivity index is 2.33. The molecule has 0 spiro atoms. The molecule has 0 aliphatic rings. The van der Waals surface area contributed by atoms with Gasteiger partial charge in [-0.3, -0.25) is 0 Å². The maximum atomic E-state index is 5.90. The molecule has 1 aromatic rings. The minimum atomic E-state index is 0.295. The molecule has 0 amide bonds. The summed E-state index contributed by atoms with van der Waals surface area (Å²) in [5, 5.41) is 0. The molecule has 0 aliphatic heterocycles. The van der Waals surface area contributed by atoms with Crippen LogP contribution < -0.4 is 15.2 Å². The van der Waals surface area contributed by atoms with Gasteiger partial charge >= 0.3 is 0 Å². The van der Waals surface area contributed by atoms with Crippen LogP contribution in [0.1, 0.15) is 39.5 Å². The maximum absolute atomic E-state index is 5.90. The summed E-state index contributed by atoms with van der Waals surface area (Å²) >= 11 is 0. The van der Waals surface area contributed by atoms with Crippen molar-refractivity contribution >= 4 is 0 Å². The number of benzene rings is 1. The van der Waals surface area contributed by atoms with Crippen molar-refractivity contribution in [1.82, 2.24) is 0 Å². The van der Waals surface area contributed by atoms with Crippen LogP contribution in [0.4, 0.5) is 0 Å². The van der Waals surface area contributed by atoms with E-state index in [-0.39, 0.29) is 0 Å². The van der Waals surface area contributed by atoms with E-state index in [1.165, 1.54) is 0 Å². The maximum Gasteiger partial charge on any atom is 0.119 e. The summed E-state index contributed by atoms with van der Waals surface area (Å²) in [6.45, 7) is 5.96. The quantitative estimate of drug-likeness (QED) is 0.694. The predicted molar refractivity (Wildman–Crippen MR) is 79.8 cm³/mol. The van der Waals surface area contributed by atoms with Crippen LogP contribution in [0.3, 0.4) is 0 Å². The molecule has 19 heavy (non-hydrogen) atoms. The summed E-state index contributed by atoms with van der Waals surface area (Å²) in [6, 6.07) is 7.71. The summed E-state index contributed by atoms with van der Waals surface area (Å²) in [5.41, 5.74) is 6.19. The van der Waals surface area contributed by atoms with Gasteiger partial charge in [-0.1, -0.05) is 13.8 Å². The predicted octanol–water partition coefficient (Wildman–Crippen LogP) is 3.62. The molecule has 0 aromatic heterocycles. The van der Waals surface area contributed by atoms with Crippen molar-refractivity contribution in [1.29, 1.82) is 0 Å². The fourth-order valence-corrected chi connectivity index (χ4v) is 2.30. The van der Waals surface area contributed by atoms with Crippen molar-refractivity contribution in [2.24, 2.45) is 11.1 Å². The highest BCUT2D eigenvalue weighted by molar-refractivity contribution is 5.31. The first kappa shape index (κ1) is 15.8. The van der Waals surface area contributed by atoms with Gasteiger partial charge in [-0.05, 0) is 61.9 Å². The van der Waals surface area contributed by atoms with E-state index in [0.717, 1.165) is 50.3 Å². The number of hydrogen-bond acceptors (Lipinski definition) is 3. The van der Waals surface area contributed by atoms with Crippen LogP contribution in [0, 0.1) is 5.41 Å². The van der Waals surface area contributed by atoms with Gasteiger partial charge in [0.05, 0.1) is 13.7 Å². The summed E-state index contributed by atoms with van der Waals surface area (Å²) in [6.07, 6.45) is 4.46. The molecule has 0 unspecified atom stereocenters. The van der Waals surface area contributed by atoms with Crippen LogP contribution in [0.2, 0.25) is 0 Å². The number of methoxy groups -OCH3 is 1. The monoisotopic (exact) mass is 265 g/mol. The Morgan fingerprint density at radius 1 is 1.05 bits per heavy atom. The van der Waals surface area contributed by atoms with Gasteiger partial charge in [0, 0.05) is 0 Å². The van der Waals surface area contributed by atoms with Crippen molar-refractivity contribution in [3.8, 4) is 11.5 Å². The van der Waals surface area contributed by atoms with Crippen LogP contribution in [0.5, 0.6) is 11.5 Å². The average molecular weight is 265 g/mol. The number of ether oxygens (including phenoxy) is 2. The normalized spacial score (nSPS) is 11.4. The largest absolute Gasteiger partial charge is 0.497 e. The number of rotatable bonds is 9. The SMILES string of the molecule is CCC(CC)(CN)CCCOc1ccc(OC)cc1. The van der Waals surface area contributed by atoms with E-state index in [0.29, 0.717) is 5.41 Å². The third-order valence-corrected chi connectivity index (χ3v) is 4.11. The summed E-state index contributed by atoms with van der Waals surface area (Å²) in [5.74, 6) is 1.75. The van der Waals surface area contributed by atoms with Gasteiger partial charge in [-0.2, -0.15) is 0 Å². The molecular formula is C16H27NO2. The Bertz CT molecular complexity index is 336. The van der Waals surface area contributed by atoms with Crippen molar-refractivity contribution in [2.75, 3.05) is 20.3 Å². The molecule has 108 valence electrons. The average Bonchev–Trinajstić information content (AvgIpc) is 2.49. The third kappa shape index (κ3) is 4.75. The molecule has 1 rings (SSSR count). The van der Waals surface area contributed by atoms with Gasteiger partial charge in [0.15, 0.2) is 0 Å². The van der Waals surface area contributed by atoms with E-state index < -0.39 is 0 Å². The molecule has 0 aliphatic carbocycles. The summed E-state index contributed by atoms with van der Waals surface area (Å²) in [4.78, 5) is 0. The first-order valence-electron chi connectivity index (χ1n) is 7.16. The lowest BCUT2D eigenvalue weighted by molar-refractivity contribution is 0.213. The van der Waals surface area contributed by atoms with E-state index in [1.54, 1.807) is 7.11 Å². The van der Waals surface area contributed by atoms with Crippen molar-refractivity contribution in [3.05, 3.63) is 24.3 Å². The Hall–Kier alpha value is -1.22. The molecule has 0 fully saturated rings. The van der Waals surface area contributed by atoms with Crippen molar-refractivity contribution in [2.45, 2.75) is 39.5 Å². The minimum Gasteiger partial charge on any atom is -0.497 e. The molecular weight excluding hydrogens is 238 g/mol. The third-order valence-electron chi connectivity index (χ3n) is 4.11. The molecule has 0 atom stereocenters. The first-order chi connectivity index (χ1) is 9.19. The number of nitrogens with two attached hydrogens (primary N) is 1. The van der Waals surface area contributed by atoms with Crippen LogP contribution in [-0.2, 0) is 0 Å². The molecule has 0 heterocycles. The highest BCUT2D eigenvalue weighted by atomic mass is 16.5. The molecule has 0 radical (unpaired) electrons. The van der Waals surface area contributed by atoms with Gasteiger partial charge in [0.1, 0.15) is 11.5 Å². The van der Waals surface area contributed by atoms with Gasteiger partial charge < -0.3 is 15.2 Å². The molecule has 2 N–H and O–H groups in total. The second kappa shape index (κ2) is 8.05. The molecule has 3 heteroatoms. The molecule has 1 aromatic carbocycles. The van der Waals surface area contributed by atoms with Crippen molar-refractivity contribution in [3.63, 3.8) is 0 Å². The van der Waals surface area contributed by atoms with Crippen molar-refractivity contribution < 1.29 is 9.47 Å². The number of hydrogen-bond donors (Lipinski definition) is 1. The van der Waals surface area contributed by atoms with E-state index in [9.17, 15) is 0 Å². The van der Waals surface area contributed by atoms with Crippen LogP contribution in [0.25, 0.3) is 0 Å². The highest BCUT2D eigenvalue weighted by Crippen LogP contribution is 2.30. The highest BCUT2D eigenvalue weighted by Gasteiger charge is 2.23. The van der Waals surface area contributed by atoms with Gasteiger partial charge in [0.25, 0.3) is 0 Å². The van der Waals surface area contributed by atoms with Crippen LogP contribution >= 0.6 is 0 Å². The topological polar surface area (TPSA) is 44.5 Å². The van der Waals surface area contributed by atoms with Crippen LogP contribution in [0.15, 0.2) is 24.3 Å². The van der Waals surface area contributed by atoms with Crippen LogP contribution in [-0.4, -0.2) is 20.3 Å². The molecule has 0 saturated carbocycles. The zero-order valence-electron chi connectivity index (χ0n) is 12.4. The lowest BCUT2D eigenvalue weighted by Gasteiger charge is -2.30. The second-order valence-corrected chi connectivity index (χ2v) is 5.04. The standard InChI is InChI=1S/C16H27NO2/c1-4-16(5-2,13-17)11-6-12-19-15-9-7-14(18-3)8-10-15/h7-10H,4-6,11-13,17H2,1-3H3. The Kier molecular flexibility index (Phi) is 6.71. The van der Waals surface area contributed by atoms with E-state index in [1.807, 2.05) is 24.3 Å².